The maximum atomic E-state index is 12.4. The van der Waals surface area contributed by atoms with Crippen molar-refractivity contribution < 1.29 is 14.3 Å². The normalized spacial score (nSPS) is 14.4. The summed E-state index contributed by atoms with van der Waals surface area (Å²) in [6.07, 6.45) is 2.70. The second-order valence-electron chi connectivity index (χ2n) is 6.56. The molecule has 148 valence electrons. The highest BCUT2D eigenvalue weighted by Gasteiger charge is 2.23. The monoisotopic (exact) mass is 383 g/mol. The van der Waals surface area contributed by atoms with Gasteiger partial charge in [-0.3, -0.25) is 4.79 Å². The van der Waals surface area contributed by atoms with Gasteiger partial charge >= 0.3 is 6.09 Å². The van der Waals surface area contributed by atoms with Crippen LogP contribution in [-0.2, 0) is 11.3 Å². The molecular formula is C20H25N5O3. The first-order valence-corrected chi connectivity index (χ1v) is 9.48. The van der Waals surface area contributed by atoms with Crippen LogP contribution in [0.4, 0.5) is 10.6 Å². The third kappa shape index (κ3) is 5.42. The van der Waals surface area contributed by atoms with Crippen molar-refractivity contribution in [2.24, 2.45) is 0 Å². The number of nitrogens with one attached hydrogen (secondary N) is 2. The van der Waals surface area contributed by atoms with Crippen molar-refractivity contribution in [3.63, 3.8) is 0 Å². The van der Waals surface area contributed by atoms with Crippen molar-refractivity contribution in [2.45, 2.75) is 32.4 Å². The summed E-state index contributed by atoms with van der Waals surface area (Å²) in [5.41, 5.74) is 1.34. The van der Waals surface area contributed by atoms with E-state index in [1.165, 1.54) is 6.33 Å². The number of hydrogen-bond acceptors (Lipinski definition) is 6. The highest BCUT2D eigenvalue weighted by Crippen LogP contribution is 2.16. The number of rotatable bonds is 6. The zero-order chi connectivity index (χ0) is 19.8. The average molecular weight is 383 g/mol. The maximum Gasteiger partial charge on any atom is 0.409 e. The van der Waals surface area contributed by atoms with Crippen molar-refractivity contribution in [1.82, 2.24) is 20.2 Å². The number of carbonyl (C=O) groups excluding carboxylic acids is 2. The van der Waals surface area contributed by atoms with Crippen molar-refractivity contribution in [3.8, 4) is 0 Å². The van der Waals surface area contributed by atoms with Crippen LogP contribution in [0, 0.1) is 0 Å². The Bertz CT molecular complexity index is 791. The van der Waals surface area contributed by atoms with Crippen molar-refractivity contribution in [3.05, 3.63) is 54.0 Å². The fourth-order valence-electron chi connectivity index (χ4n) is 3.06. The van der Waals surface area contributed by atoms with Crippen molar-refractivity contribution in [1.29, 1.82) is 0 Å². The van der Waals surface area contributed by atoms with Crippen LogP contribution >= 0.6 is 0 Å². The van der Waals surface area contributed by atoms with E-state index in [-0.39, 0.29) is 18.0 Å². The Kier molecular flexibility index (Phi) is 6.78. The first-order valence-electron chi connectivity index (χ1n) is 9.48. The molecule has 2 N–H and O–H groups in total. The third-order valence-corrected chi connectivity index (χ3v) is 4.57. The van der Waals surface area contributed by atoms with Gasteiger partial charge in [0.2, 0.25) is 0 Å². The number of nitrogens with zero attached hydrogens (tertiary/aromatic N) is 3. The molecule has 8 heteroatoms. The molecule has 8 nitrogen and oxygen atoms in total. The summed E-state index contributed by atoms with van der Waals surface area (Å²) in [5, 5.41) is 6.19. The smallest absolute Gasteiger partial charge is 0.409 e. The van der Waals surface area contributed by atoms with E-state index >= 15 is 0 Å². The lowest BCUT2D eigenvalue weighted by atomic mass is 10.1. The minimum absolute atomic E-state index is 0.181. The van der Waals surface area contributed by atoms with Crippen molar-refractivity contribution >= 4 is 17.8 Å². The van der Waals surface area contributed by atoms with E-state index in [2.05, 4.69) is 20.6 Å². The summed E-state index contributed by atoms with van der Waals surface area (Å²) >= 11 is 0. The number of hydrogen-bond donors (Lipinski definition) is 2. The number of aromatic nitrogens is 2. The van der Waals surface area contributed by atoms with Gasteiger partial charge in [-0.15, -0.1) is 0 Å². The van der Waals surface area contributed by atoms with Crippen LogP contribution in [0.5, 0.6) is 0 Å². The zero-order valence-corrected chi connectivity index (χ0v) is 15.9. The average Bonchev–Trinajstić information content (AvgIpc) is 2.73. The van der Waals surface area contributed by atoms with E-state index in [1.54, 1.807) is 17.9 Å². The molecule has 1 aromatic heterocycles. The number of ether oxygens (including phenoxy) is 1. The van der Waals surface area contributed by atoms with Gasteiger partial charge in [-0.05, 0) is 25.3 Å². The van der Waals surface area contributed by atoms with Crippen LogP contribution in [0.2, 0.25) is 0 Å². The molecule has 2 aromatic rings. The molecule has 3 rings (SSSR count). The quantitative estimate of drug-likeness (QED) is 0.795. The second-order valence-corrected chi connectivity index (χ2v) is 6.56. The number of amides is 2. The summed E-state index contributed by atoms with van der Waals surface area (Å²) in [5.74, 6) is 0.362. The number of likely N-dealkylation sites (tertiary alicyclic amines) is 1. The summed E-state index contributed by atoms with van der Waals surface area (Å²) in [7, 11) is 0. The van der Waals surface area contributed by atoms with E-state index < -0.39 is 0 Å². The molecule has 1 aliphatic rings. The number of piperidine rings is 1. The summed E-state index contributed by atoms with van der Waals surface area (Å²) in [6.45, 7) is 3.89. The Labute approximate surface area is 164 Å². The first kappa shape index (κ1) is 19.6. The van der Waals surface area contributed by atoms with Gasteiger partial charge in [0.05, 0.1) is 6.61 Å². The Morgan fingerprint density at radius 3 is 2.64 bits per heavy atom. The van der Waals surface area contributed by atoms with E-state index in [1.807, 2.05) is 30.3 Å². The largest absolute Gasteiger partial charge is 0.450 e. The van der Waals surface area contributed by atoms with Crippen LogP contribution in [0.15, 0.2) is 42.7 Å². The Balaban J connectivity index is 1.51. The molecule has 0 spiro atoms. The van der Waals surface area contributed by atoms with Gasteiger partial charge in [-0.2, -0.15) is 0 Å². The number of anilines is 1. The third-order valence-electron chi connectivity index (χ3n) is 4.57. The SMILES string of the molecule is CCOC(=O)N1CCC(Nc2cc(C(=O)NCc3ccccc3)ncn2)CC1. The molecule has 0 radical (unpaired) electrons. The highest BCUT2D eigenvalue weighted by atomic mass is 16.6. The van der Waals surface area contributed by atoms with Crippen molar-refractivity contribution in [2.75, 3.05) is 25.0 Å². The maximum absolute atomic E-state index is 12.4. The van der Waals surface area contributed by atoms with Gasteiger partial charge < -0.3 is 20.3 Å². The fraction of sp³-hybridized carbons (Fsp3) is 0.400. The molecule has 2 amide bonds. The van der Waals surface area contributed by atoms with Gasteiger partial charge in [0.25, 0.3) is 5.91 Å². The lowest BCUT2D eigenvalue weighted by Gasteiger charge is -2.31. The standard InChI is InChI=1S/C20H25N5O3/c1-2-28-20(27)25-10-8-16(9-11-25)24-18-12-17(22-14-23-18)19(26)21-13-15-6-4-3-5-7-15/h3-7,12,14,16H,2,8-11,13H2,1H3,(H,21,26)(H,22,23,24). The highest BCUT2D eigenvalue weighted by molar-refractivity contribution is 5.92. The van der Waals surface area contributed by atoms with Gasteiger partial charge in [-0.25, -0.2) is 14.8 Å². The van der Waals surface area contributed by atoms with E-state index in [4.69, 9.17) is 4.74 Å². The summed E-state index contributed by atoms with van der Waals surface area (Å²) in [4.78, 5) is 34.1. The van der Waals surface area contributed by atoms with E-state index in [0.29, 0.717) is 37.8 Å². The second kappa shape index (κ2) is 9.68. The van der Waals surface area contributed by atoms with Crippen LogP contribution in [0.1, 0.15) is 35.8 Å². The number of carbonyl (C=O) groups is 2. The first-order chi connectivity index (χ1) is 13.7. The molecule has 0 atom stereocenters. The Morgan fingerprint density at radius 2 is 1.93 bits per heavy atom. The van der Waals surface area contributed by atoms with Crippen LogP contribution in [0.3, 0.4) is 0 Å². The number of benzene rings is 1. The molecule has 1 aromatic carbocycles. The minimum Gasteiger partial charge on any atom is -0.450 e. The summed E-state index contributed by atoms with van der Waals surface area (Å²) in [6, 6.07) is 11.5. The molecular weight excluding hydrogens is 358 g/mol. The molecule has 1 saturated heterocycles. The molecule has 28 heavy (non-hydrogen) atoms. The molecule has 1 aliphatic heterocycles. The van der Waals surface area contributed by atoms with Gasteiger partial charge in [0.1, 0.15) is 17.8 Å². The molecule has 2 heterocycles. The molecule has 0 aliphatic carbocycles. The van der Waals surface area contributed by atoms with Gasteiger partial charge in [0, 0.05) is 31.7 Å². The van der Waals surface area contributed by atoms with E-state index in [0.717, 1.165) is 18.4 Å². The van der Waals surface area contributed by atoms with Crippen LogP contribution in [-0.4, -0.2) is 52.6 Å². The predicted molar refractivity (Wildman–Crippen MR) is 105 cm³/mol. The molecule has 0 saturated carbocycles. The summed E-state index contributed by atoms with van der Waals surface area (Å²) < 4.78 is 5.03. The van der Waals surface area contributed by atoms with Gasteiger partial charge in [-0.1, -0.05) is 30.3 Å². The predicted octanol–water partition coefficient (Wildman–Crippen LogP) is 2.44. The fourth-order valence-corrected chi connectivity index (χ4v) is 3.06. The Morgan fingerprint density at radius 1 is 1.18 bits per heavy atom. The minimum atomic E-state index is -0.264. The zero-order valence-electron chi connectivity index (χ0n) is 15.9. The Hall–Kier alpha value is -3.16. The molecule has 0 unspecified atom stereocenters. The topological polar surface area (TPSA) is 96.5 Å². The molecule has 0 bridgehead atoms. The lowest BCUT2D eigenvalue weighted by Crippen LogP contribution is -2.42. The van der Waals surface area contributed by atoms with Crippen LogP contribution in [0.25, 0.3) is 0 Å². The van der Waals surface area contributed by atoms with E-state index in [9.17, 15) is 9.59 Å². The van der Waals surface area contributed by atoms with Crippen LogP contribution < -0.4 is 10.6 Å². The van der Waals surface area contributed by atoms with Gasteiger partial charge in [0.15, 0.2) is 0 Å². The lowest BCUT2D eigenvalue weighted by molar-refractivity contribution is 0.0943. The molecule has 1 fully saturated rings.